The number of carbonyl (C=O) groups is 2. The van der Waals surface area contributed by atoms with Crippen molar-refractivity contribution >= 4 is 11.8 Å². The van der Waals surface area contributed by atoms with E-state index in [0.717, 1.165) is 11.8 Å². The van der Waals surface area contributed by atoms with Gasteiger partial charge >= 0.3 is 0 Å². The summed E-state index contributed by atoms with van der Waals surface area (Å²) in [4.78, 5) is 26.1. The molecule has 19 heavy (non-hydrogen) atoms. The molecule has 0 N–H and O–H groups in total. The molecule has 1 heterocycles. The second kappa shape index (κ2) is 3.92. The molecule has 98 valence electrons. The van der Waals surface area contributed by atoms with Crippen LogP contribution in [0.15, 0.2) is 24.3 Å². The summed E-state index contributed by atoms with van der Waals surface area (Å²) in [6.45, 7) is 0.632. The summed E-state index contributed by atoms with van der Waals surface area (Å²) in [5.41, 5.74) is 1.16. The third-order valence-electron chi connectivity index (χ3n) is 5.18. The van der Waals surface area contributed by atoms with Crippen molar-refractivity contribution < 1.29 is 9.59 Å². The van der Waals surface area contributed by atoms with E-state index in [4.69, 9.17) is 0 Å². The highest BCUT2D eigenvalue weighted by atomic mass is 16.2. The van der Waals surface area contributed by atoms with E-state index in [0.29, 0.717) is 23.6 Å². The maximum Gasteiger partial charge on any atom is 0.261 e. The number of nitrogens with zero attached hydrogens (tertiary/aromatic N) is 1. The SMILES string of the molecule is O=C1c2ccccc2C(=O)N1C[C@@H]1C[C@H]2CC[C@@H]1C2. The van der Waals surface area contributed by atoms with Gasteiger partial charge in [-0.2, -0.15) is 0 Å². The zero-order chi connectivity index (χ0) is 13.0. The number of hydrogen-bond acceptors (Lipinski definition) is 2. The van der Waals surface area contributed by atoms with Gasteiger partial charge in [0.25, 0.3) is 11.8 Å². The zero-order valence-corrected chi connectivity index (χ0v) is 10.8. The molecule has 1 aromatic rings. The number of fused-ring (bicyclic) bond motifs is 3. The lowest BCUT2D eigenvalue weighted by atomic mass is 9.88. The molecule has 3 aliphatic rings. The quantitative estimate of drug-likeness (QED) is 0.762. The van der Waals surface area contributed by atoms with Crippen LogP contribution in [0, 0.1) is 17.8 Å². The average Bonchev–Trinajstić information content (AvgIpc) is 3.10. The molecule has 0 saturated heterocycles. The van der Waals surface area contributed by atoms with Crippen LogP contribution in [-0.4, -0.2) is 23.3 Å². The van der Waals surface area contributed by atoms with E-state index in [1.807, 2.05) is 12.1 Å². The van der Waals surface area contributed by atoms with E-state index in [-0.39, 0.29) is 11.8 Å². The Bertz CT molecular complexity index is 531. The highest BCUT2D eigenvalue weighted by molar-refractivity contribution is 6.21. The largest absolute Gasteiger partial charge is 0.274 e. The lowest BCUT2D eigenvalue weighted by Crippen LogP contribution is -2.36. The first kappa shape index (κ1) is 11.2. The molecule has 2 saturated carbocycles. The Labute approximate surface area is 112 Å². The lowest BCUT2D eigenvalue weighted by Gasteiger charge is -2.25. The predicted octanol–water partition coefficient (Wildman–Crippen LogP) is 2.72. The lowest BCUT2D eigenvalue weighted by molar-refractivity contribution is 0.0610. The van der Waals surface area contributed by atoms with Crippen LogP contribution in [-0.2, 0) is 0 Å². The smallest absolute Gasteiger partial charge is 0.261 e. The van der Waals surface area contributed by atoms with Crippen LogP contribution in [0.1, 0.15) is 46.4 Å². The second-order valence-electron chi connectivity index (χ2n) is 6.20. The van der Waals surface area contributed by atoms with Gasteiger partial charge in [0, 0.05) is 6.54 Å². The summed E-state index contributed by atoms with van der Waals surface area (Å²) in [6, 6.07) is 7.17. The average molecular weight is 255 g/mol. The molecule has 2 bridgehead atoms. The van der Waals surface area contributed by atoms with Crippen LogP contribution in [0.2, 0.25) is 0 Å². The molecule has 4 rings (SSSR count). The minimum absolute atomic E-state index is 0.0941. The highest BCUT2D eigenvalue weighted by Gasteiger charge is 2.43. The fraction of sp³-hybridized carbons (Fsp3) is 0.500. The standard InChI is InChI=1S/C16H17NO2/c18-15-13-3-1-2-4-14(13)16(19)17(15)9-12-8-10-5-6-11(12)7-10/h1-4,10-12H,5-9H2/t10-,11+,12-/m0/s1. The number of hydrogen-bond donors (Lipinski definition) is 0. The number of amides is 2. The molecule has 0 radical (unpaired) electrons. The molecule has 3 heteroatoms. The Hall–Kier alpha value is -1.64. The Balaban J connectivity index is 1.57. The van der Waals surface area contributed by atoms with E-state index < -0.39 is 0 Å². The first-order valence-corrected chi connectivity index (χ1v) is 7.19. The molecule has 3 nitrogen and oxygen atoms in total. The summed E-state index contributed by atoms with van der Waals surface area (Å²) >= 11 is 0. The maximum atomic E-state index is 12.3. The molecule has 3 atom stereocenters. The van der Waals surface area contributed by atoms with Crippen molar-refractivity contribution in [2.24, 2.45) is 17.8 Å². The Morgan fingerprint density at radius 3 is 2.21 bits per heavy atom. The van der Waals surface area contributed by atoms with Crippen molar-refractivity contribution in [2.75, 3.05) is 6.54 Å². The third kappa shape index (κ3) is 1.57. The minimum Gasteiger partial charge on any atom is -0.274 e. The summed E-state index contributed by atoms with van der Waals surface area (Å²) in [7, 11) is 0. The van der Waals surface area contributed by atoms with Crippen LogP contribution >= 0.6 is 0 Å². The van der Waals surface area contributed by atoms with Gasteiger partial charge in [0.15, 0.2) is 0 Å². The molecule has 0 unspecified atom stereocenters. The number of imide groups is 1. The zero-order valence-electron chi connectivity index (χ0n) is 10.8. The molecular weight excluding hydrogens is 238 g/mol. The Morgan fingerprint density at radius 1 is 1.00 bits per heavy atom. The van der Waals surface area contributed by atoms with Gasteiger partial charge in [0.2, 0.25) is 0 Å². The van der Waals surface area contributed by atoms with Crippen molar-refractivity contribution in [1.82, 2.24) is 4.90 Å². The van der Waals surface area contributed by atoms with E-state index in [1.54, 1.807) is 12.1 Å². The normalized spacial score (nSPS) is 32.2. The monoisotopic (exact) mass is 255 g/mol. The first-order valence-electron chi connectivity index (χ1n) is 7.19. The Morgan fingerprint density at radius 2 is 1.68 bits per heavy atom. The maximum absolute atomic E-state index is 12.3. The van der Waals surface area contributed by atoms with E-state index >= 15 is 0 Å². The number of rotatable bonds is 2. The fourth-order valence-corrected chi connectivity index (χ4v) is 4.24. The van der Waals surface area contributed by atoms with Crippen LogP contribution in [0.25, 0.3) is 0 Å². The van der Waals surface area contributed by atoms with Crippen molar-refractivity contribution in [3.8, 4) is 0 Å². The van der Waals surface area contributed by atoms with Crippen molar-refractivity contribution in [1.29, 1.82) is 0 Å². The van der Waals surface area contributed by atoms with Crippen LogP contribution < -0.4 is 0 Å². The summed E-state index contributed by atoms with van der Waals surface area (Å²) in [5, 5.41) is 0. The molecule has 2 amide bonds. The topological polar surface area (TPSA) is 37.4 Å². The van der Waals surface area contributed by atoms with Gasteiger partial charge in [-0.15, -0.1) is 0 Å². The van der Waals surface area contributed by atoms with Gasteiger partial charge in [0.05, 0.1) is 11.1 Å². The van der Waals surface area contributed by atoms with E-state index in [1.165, 1.54) is 30.6 Å². The molecule has 0 aromatic heterocycles. The van der Waals surface area contributed by atoms with Gasteiger partial charge in [-0.3, -0.25) is 14.5 Å². The van der Waals surface area contributed by atoms with Gasteiger partial charge < -0.3 is 0 Å². The van der Waals surface area contributed by atoms with E-state index in [2.05, 4.69) is 0 Å². The van der Waals surface area contributed by atoms with Gasteiger partial charge in [-0.25, -0.2) is 0 Å². The Kier molecular flexibility index (Phi) is 2.32. The molecular formula is C16H17NO2. The highest BCUT2D eigenvalue weighted by Crippen LogP contribution is 2.48. The second-order valence-corrected chi connectivity index (χ2v) is 6.20. The molecule has 2 fully saturated rings. The summed E-state index contributed by atoms with van der Waals surface area (Å²) in [6.07, 6.45) is 5.16. The van der Waals surface area contributed by atoms with Crippen LogP contribution in [0.3, 0.4) is 0 Å². The van der Waals surface area contributed by atoms with Gasteiger partial charge in [0.1, 0.15) is 0 Å². The van der Waals surface area contributed by atoms with Crippen LogP contribution in [0.4, 0.5) is 0 Å². The fourth-order valence-electron chi connectivity index (χ4n) is 4.24. The van der Waals surface area contributed by atoms with Crippen molar-refractivity contribution in [3.05, 3.63) is 35.4 Å². The van der Waals surface area contributed by atoms with Crippen LogP contribution in [0.5, 0.6) is 0 Å². The van der Waals surface area contributed by atoms with Gasteiger partial charge in [-0.05, 0) is 49.1 Å². The third-order valence-corrected chi connectivity index (χ3v) is 5.18. The van der Waals surface area contributed by atoms with Crippen molar-refractivity contribution in [3.63, 3.8) is 0 Å². The number of benzene rings is 1. The summed E-state index contributed by atoms with van der Waals surface area (Å²) in [5.74, 6) is 1.95. The molecule has 1 aromatic carbocycles. The molecule has 1 aliphatic heterocycles. The van der Waals surface area contributed by atoms with Gasteiger partial charge in [-0.1, -0.05) is 18.6 Å². The number of carbonyl (C=O) groups excluding carboxylic acids is 2. The molecule has 2 aliphatic carbocycles. The molecule has 0 spiro atoms. The predicted molar refractivity (Wildman–Crippen MR) is 70.7 cm³/mol. The van der Waals surface area contributed by atoms with Crippen molar-refractivity contribution in [2.45, 2.75) is 25.7 Å². The first-order chi connectivity index (χ1) is 9.24. The van der Waals surface area contributed by atoms with E-state index in [9.17, 15) is 9.59 Å². The minimum atomic E-state index is -0.0941. The summed E-state index contributed by atoms with van der Waals surface area (Å²) < 4.78 is 0.